The van der Waals surface area contributed by atoms with E-state index in [0.717, 1.165) is 30.9 Å². The van der Waals surface area contributed by atoms with Crippen LogP contribution in [0.4, 0.5) is 11.8 Å². The number of benzene rings is 1. The first-order valence-electron chi connectivity index (χ1n) is 8.04. The molecule has 118 valence electrons. The summed E-state index contributed by atoms with van der Waals surface area (Å²) in [6.07, 6.45) is 4.48. The molecule has 0 amide bonds. The molecule has 2 N–H and O–H groups in total. The van der Waals surface area contributed by atoms with Crippen LogP contribution in [0.15, 0.2) is 29.6 Å². The van der Waals surface area contributed by atoms with Gasteiger partial charge in [-0.1, -0.05) is 18.2 Å². The average molecular weight is 324 g/mol. The largest absolute Gasteiger partial charge is 0.368 e. The van der Waals surface area contributed by atoms with Crippen LogP contribution >= 0.6 is 11.3 Å². The van der Waals surface area contributed by atoms with Gasteiger partial charge in [-0.15, -0.1) is 11.3 Å². The van der Waals surface area contributed by atoms with Gasteiger partial charge < -0.3 is 10.6 Å². The van der Waals surface area contributed by atoms with Gasteiger partial charge in [-0.25, -0.2) is 4.98 Å². The second-order valence-corrected chi connectivity index (χ2v) is 7.06. The van der Waals surface area contributed by atoms with Gasteiger partial charge in [-0.05, 0) is 48.1 Å². The molecule has 5 heteroatoms. The maximum Gasteiger partial charge on any atom is 0.222 e. The third kappa shape index (κ3) is 2.65. The Labute approximate surface area is 140 Å². The standard InChI is InChI=1S/C18H20N4S/c1-22(10-12-11-23-16-9-5-3-6-13(12)16)17-14-7-2-4-8-15(14)20-18(19)21-17/h3,5-6,9,11H,2,4,7-8,10H2,1H3,(H2,19,20,21). The van der Waals surface area contributed by atoms with Crippen LogP contribution in [0.25, 0.3) is 10.1 Å². The molecule has 3 aromatic rings. The molecule has 0 radical (unpaired) electrons. The van der Waals surface area contributed by atoms with Crippen molar-refractivity contribution in [1.29, 1.82) is 0 Å². The Hall–Kier alpha value is -2.14. The molecule has 0 saturated carbocycles. The lowest BCUT2D eigenvalue weighted by Crippen LogP contribution is -2.22. The summed E-state index contributed by atoms with van der Waals surface area (Å²) in [7, 11) is 2.10. The fraction of sp³-hybridized carbons (Fsp3) is 0.333. The van der Waals surface area contributed by atoms with Crippen molar-refractivity contribution in [3.63, 3.8) is 0 Å². The van der Waals surface area contributed by atoms with Gasteiger partial charge in [0.05, 0.1) is 5.69 Å². The van der Waals surface area contributed by atoms with E-state index >= 15 is 0 Å². The monoisotopic (exact) mass is 324 g/mol. The van der Waals surface area contributed by atoms with E-state index < -0.39 is 0 Å². The summed E-state index contributed by atoms with van der Waals surface area (Å²) in [6, 6.07) is 8.56. The van der Waals surface area contributed by atoms with Crippen LogP contribution in [-0.2, 0) is 19.4 Å². The number of aromatic nitrogens is 2. The van der Waals surface area contributed by atoms with Crippen LogP contribution in [0.5, 0.6) is 0 Å². The van der Waals surface area contributed by atoms with Gasteiger partial charge in [0.1, 0.15) is 5.82 Å². The summed E-state index contributed by atoms with van der Waals surface area (Å²) in [4.78, 5) is 11.2. The molecule has 4 nitrogen and oxygen atoms in total. The van der Waals surface area contributed by atoms with Gasteiger partial charge in [0, 0.05) is 23.9 Å². The van der Waals surface area contributed by atoms with Gasteiger partial charge in [-0.3, -0.25) is 0 Å². The first-order valence-corrected chi connectivity index (χ1v) is 8.92. The SMILES string of the molecule is CN(Cc1csc2ccccc12)c1nc(N)nc2c1CCCC2. The van der Waals surface area contributed by atoms with Crippen LogP contribution in [0.2, 0.25) is 0 Å². The summed E-state index contributed by atoms with van der Waals surface area (Å²) in [6.45, 7) is 0.840. The van der Waals surface area contributed by atoms with Gasteiger partial charge in [0.25, 0.3) is 0 Å². The minimum Gasteiger partial charge on any atom is -0.368 e. The molecule has 0 spiro atoms. The zero-order valence-electron chi connectivity index (χ0n) is 13.2. The summed E-state index contributed by atoms with van der Waals surface area (Å²) in [5.74, 6) is 1.39. The van der Waals surface area contributed by atoms with E-state index in [1.165, 1.54) is 34.1 Å². The van der Waals surface area contributed by atoms with Crippen LogP contribution < -0.4 is 10.6 Å². The number of thiophene rings is 1. The number of nitrogen functional groups attached to an aromatic ring is 1. The molecule has 1 aliphatic rings. The van der Waals surface area contributed by atoms with Crippen molar-refractivity contribution < 1.29 is 0 Å². The van der Waals surface area contributed by atoms with Crippen molar-refractivity contribution in [2.24, 2.45) is 0 Å². The Bertz CT molecular complexity index is 855. The Morgan fingerprint density at radius 2 is 2.00 bits per heavy atom. The van der Waals surface area contributed by atoms with Crippen molar-refractivity contribution in [2.45, 2.75) is 32.2 Å². The molecular weight excluding hydrogens is 304 g/mol. The van der Waals surface area contributed by atoms with Crippen LogP contribution in [0.3, 0.4) is 0 Å². The second kappa shape index (κ2) is 5.81. The van der Waals surface area contributed by atoms with E-state index in [-0.39, 0.29) is 0 Å². The number of nitrogens with two attached hydrogens (primary N) is 1. The molecule has 1 aromatic carbocycles. The van der Waals surface area contributed by atoms with E-state index in [0.29, 0.717) is 5.95 Å². The zero-order chi connectivity index (χ0) is 15.8. The number of aryl methyl sites for hydroxylation is 1. The quantitative estimate of drug-likeness (QED) is 0.796. The number of anilines is 2. The number of hydrogen-bond acceptors (Lipinski definition) is 5. The van der Waals surface area contributed by atoms with E-state index in [1.807, 2.05) is 0 Å². The minimum atomic E-state index is 0.391. The Morgan fingerprint density at radius 3 is 2.91 bits per heavy atom. The number of rotatable bonds is 3. The number of fused-ring (bicyclic) bond motifs is 2. The molecule has 1 aliphatic carbocycles. The molecule has 0 fully saturated rings. The van der Waals surface area contributed by atoms with Gasteiger partial charge in [0.2, 0.25) is 5.95 Å². The molecule has 2 aromatic heterocycles. The summed E-state index contributed by atoms with van der Waals surface area (Å²) < 4.78 is 1.33. The molecule has 0 atom stereocenters. The van der Waals surface area contributed by atoms with Crippen molar-refractivity contribution in [3.05, 3.63) is 46.5 Å². The van der Waals surface area contributed by atoms with Crippen molar-refractivity contribution in [2.75, 3.05) is 17.7 Å². The number of nitrogens with zero attached hydrogens (tertiary/aromatic N) is 3. The molecule has 0 aliphatic heterocycles. The third-order valence-electron chi connectivity index (χ3n) is 4.51. The normalized spacial score (nSPS) is 14.0. The van der Waals surface area contributed by atoms with Crippen LogP contribution in [0, 0.1) is 0 Å². The van der Waals surface area contributed by atoms with E-state index in [4.69, 9.17) is 5.73 Å². The molecule has 2 heterocycles. The lowest BCUT2D eigenvalue weighted by molar-refractivity contribution is 0.660. The highest BCUT2D eigenvalue weighted by atomic mass is 32.1. The zero-order valence-corrected chi connectivity index (χ0v) is 14.1. The third-order valence-corrected chi connectivity index (χ3v) is 5.52. The van der Waals surface area contributed by atoms with Crippen molar-refractivity contribution >= 4 is 33.2 Å². The van der Waals surface area contributed by atoms with Gasteiger partial charge in [0.15, 0.2) is 0 Å². The Balaban J connectivity index is 1.69. The van der Waals surface area contributed by atoms with Crippen LogP contribution in [0.1, 0.15) is 29.7 Å². The highest BCUT2D eigenvalue weighted by molar-refractivity contribution is 7.17. The maximum atomic E-state index is 5.94. The Kier molecular flexibility index (Phi) is 3.65. The smallest absolute Gasteiger partial charge is 0.222 e. The molecule has 0 saturated heterocycles. The lowest BCUT2D eigenvalue weighted by Gasteiger charge is -2.25. The van der Waals surface area contributed by atoms with Crippen molar-refractivity contribution in [1.82, 2.24) is 9.97 Å². The first kappa shape index (κ1) is 14.5. The van der Waals surface area contributed by atoms with Gasteiger partial charge in [-0.2, -0.15) is 4.98 Å². The fourth-order valence-electron chi connectivity index (χ4n) is 3.39. The molecular formula is C18H20N4S. The number of hydrogen-bond donors (Lipinski definition) is 1. The highest BCUT2D eigenvalue weighted by Gasteiger charge is 2.20. The first-order chi connectivity index (χ1) is 11.2. The maximum absolute atomic E-state index is 5.94. The van der Waals surface area contributed by atoms with Gasteiger partial charge >= 0.3 is 0 Å². The summed E-state index contributed by atoms with van der Waals surface area (Å²) >= 11 is 1.80. The lowest BCUT2D eigenvalue weighted by atomic mass is 9.96. The van der Waals surface area contributed by atoms with E-state index in [1.54, 1.807) is 11.3 Å². The minimum absolute atomic E-state index is 0.391. The highest BCUT2D eigenvalue weighted by Crippen LogP contribution is 2.31. The van der Waals surface area contributed by atoms with E-state index in [9.17, 15) is 0 Å². The van der Waals surface area contributed by atoms with Crippen LogP contribution in [-0.4, -0.2) is 17.0 Å². The average Bonchev–Trinajstić information content (AvgIpc) is 2.97. The molecule has 0 unspecified atom stereocenters. The topological polar surface area (TPSA) is 55.0 Å². The summed E-state index contributed by atoms with van der Waals surface area (Å²) in [5, 5.41) is 3.58. The Morgan fingerprint density at radius 1 is 1.17 bits per heavy atom. The van der Waals surface area contributed by atoms with Crippen molar-refractivity contribution in [3.8, 4) is 0 Å². The summed E-state index contributed by atoms with van der Waals surface area (Å²) in [5.41, 5.74) is 9.70. The molecule has 4 rings (SSSR count). The fourth-order valence-corrected chi connectivity index (χ4v) is 4.35. The van der Waals surface area contributed by atoms with E-state index in [2.05, 4.69) is 51.6 Å². The molecule has 0 bridgehead atoms. The molecule has 23 heavy (non-hydrogen) atoms. The predicted octanol–water partition coefficient (Wildman–Crippen LogP) is 3.79. The second-order valence-electron chi connectivity index (χ2n) is 6.15. The predicted molar refractivity (Wildman–Crippen MR) is 97.0 cm³/mol.